The largest absolute Gasteiger partial charge is 0.464 e. The van der Waals surface area contributed by atoms with Crippen molar-refractivity contribution in [2.45, 2.75) is 103 Å². The number of unbranched alkanes of at least 4 members (excludes halogenated alkanes) is 7. The molecule has 0 aliphatic heterocycles. The van der Waals surface area contributed by atoms with Gasteiger partial charge in [0.25, 0.3) is 0 Å². The first-order chi connectivity index (χ1) is 24.0. The summed E-state index contributed by atoms with van der Waals surface area (Å²) in [6, 6.07) is 11.4. The number of nitriles is 1. The molecule has 0 bridgehead atoms. The van der Waals surface area contributed by atoms with E-state index in [2.05, 4.69) is 17.3 Å². The average Bonchev–Trinajstić information content (AvgIpc) is 3.83. The predicted molar refractivity (Wildman–Crippen MR) is 183 cm³/mol. The number of hydrogen-bond acceptors (Lipinski definition) is 5. The Morgan fingerprint density at radius 3 is 2.32 bits per heavy atom. The number of alkyl halides is 3. The van der Waals surface area contributed by atoms with E-state index in [0.29, 0.717) is 4.57 Å². The fourth-order valence-electron chi connectivity index (χ4n) is 6.33. The van der Waals surface area contributed by atoms with Crippen LogP contribution in [0.25, 0.3) is 22.8 Å². The molecule has 2 aromatic carbocycles. The topological polar surface area (TPSA) is 118 Å². The fraction of sp³-hybridized carbons (Fsp3) is 0.459. The number of benzene rings is 2. The standard InChI is InChI=1S/C22H13F4N5O3.C15H31N/c1-12-19(18-7-8-28-31(18)17-6-5-13(11-27)9-16(17)23)30(21(33)34)20(32)29(12)15-4-2-3-14(10-15)22(24,25)26;1-2-3-4-5-6-7-8-11-14-16-15-12-9-10-13-15/h2-10H,1H3,(H,33,34);15-16H,2-14H2,1H3. The summed E-state index contributed by atoms with van der Waals surface area (Å²) in [7, 11) is 0. The van der Waals surface area contributed by atoms with E-state index < -0.39 is 29.3 Å². The van der Waals surface area contributed by atoms with Crippen LogP contribution in [0, 0.1) is 24.1 Å². The van der Waals surface area contributed by atoms with Crippen LogP contribution in [-0.4, -0.2) is 42.7 Å². The predicted octanol–water partition coefficient (Wildman–Crippen LogP) is 9.02. The Morgan fingerprint density at radius 2 is 1.70 bits per heavy atom. The number of nitrogens with one attached hydrogen (secondary N) is 1. The zero-order valence-electron chi connectivity index (χ0n) is 28.5. The second-order valence-corrected chi connectivity index (χ2v) is 12.5. The SMILES string of the molecule is CCCCCCCCCCNC1CCCC1.Cc1c(-c2ccnn2-c2ccc(C#N)cc2F)n(C(=O)O)c(=O)n1-c1cccc(C(F)(F)F)c1. The number of halogens is 4. The van der Waals surface area contributed by atoms with Gasteiger partial charge in [-0.25, -0.2) is 18.7 Å². The van der Waals surface area contributed by atoms with Crippen LogP contribution >= 0.6 is 0 Å². The smallest absolute Gasteiger partial charge is 0.420 e. The first-order valence-corrected chi connectivity index (χ1v) is 17.2. The third-order valence-electron chi connectivity index (χ3n) is 8.92. The van der Waals surface area contributed by atoms with Crippen LogP contribution in [0.2, 0.25) is 0 Å². The van der Waals surface area contributed by atoms with Gasteiger partial charge in [0.15, 0.2) is 0 Å². The fourth-order valence-corrected chi connectivity index (χ4v) is 6.33. The van der Waals surface area contributed by atoms with Crippen molar-refractivity contribution < 1.29 is 27.5 Å². The molecule has 0 saturated heterocycles. The van der Waals surface area contributed by atoms with E-state index in [4.69, 9.17) is 5.26 Å². The van der Waals surface area contributed by atoms with E-state index in [0.717, 1.165) is 39.6 Å². The number of rotatable bonds is 13. The van der Waals surface area contributed by atoms with Gasteiger partial charge in [0.1, 0.15) is 17.2 Å². The Morgan fingerprint density at radius 1 is 1.02 bits per heavy atom. The highest BCUT2D eigenvalue weighted by Gasteiger charge is 2.32. The Bertz CT molecular complexity index is 1830. The normalized spacial score (nSPS) is 13.2. The van der Waals surface area contributed by atoms with Crippen molar-refractivity contribution in [2.24, 2.45) is 0 Å². The van der Waals surface area contributed by atoms with Crippen molar-refractivity contribution in [1.29, 1.82) is 5.26 Å². The van der Waals surface area contributed by atoms with Crippen molar-refractivity contribution >= 4 is 6.09 Å². The second-order valence-electron chi connectivity index (χ2n) is 12.5. The monoisotopic (exact) mass is 696 g/mol. The molecule has 0 unspecified atom stereocenters. The van der Waals surface area contributed by atoms with Crippen LogP contribution in [0.5, 0.6) is 0 Å². The lowest BCUT2D eigenvalue weighted by Crippen LogP contribution is -2.28. The highest BCUT2D eigenvalue weighted by molar-refractivity contribution is 5.77. The minimum Gasteiger partial charge on any atom is -0.464 e. The van der Waals surface area contributed by atoms with E-state index in [-0.39, 0.29) is 34.0 Å². The minimum absolute atomic E-state index is 0.00802. The van der Waals surface area contributed by atoms with E-state index in [1.54, 1.807) is 6.07 Å². The maximum absolute atomic E-state index is 14.7. The number of imidazole rings is 1. The van der Waals surface area contributed by atoms with Crippen LogP contribution in [0.1, 0.15) is 101 Å². The number of aromatic nitrogens is 4. The number of carbonyl (C=O) groups is 1. The zero-order valence-corrected chi connectivity index (χ0v) is 28.5. The van der Waals surface area contributed by atoms with Crippen LogP contribution < -0.4 is 11.0 Å². The third-order valence-corrected chi connectivity index (χ3v) is 8.92. The molecule has 1 fully saturated rings. The molecule has 1 saturated carbocycles. The maximum Gasteiger partial charge on any atom is 0.420 e. The number of hydrogen-bond donors (Lipinski definition) is 2. The molecule has 50 heavy (non-hydrogen) atoms. The Kier molecular flexibility index (Phi) is 13.6. The molecule has 0 amide bonds. The highest BCUT2D eigenvalue weighted by atomic mass is 19.4. The van der Waals surface area contributed by atoms with Gasteiger partial charge in [-0.15, -0.1) is 0 Å². The zero-order chi connectivity index (χ0) is 36.3. The van der Waals surface area contributed by atoms with Crippen molar-refractivity contribution in [3.05, 3.63) is 87.9 Å². The molecule has 2 aromatic heterocycles. The summed E-state index contributed by atoms with van der Waals surface area (Å²) in [5, 5.41) is 26.4. The molecule has 1 aliphatic rings. The maximum atomic E-state index is 14.7. The van der Waals surface area contributed by atoms with Crippen LogP contribution in [0.15, 0.2) is 59.5 Å². The Balaban J connectivity index is 0.000000295. The summed E-state index contributed by atoms with van der Waals surface area (Å²) in [6.07, 6.45) is 12.1. The second kappa shape index (κ2) is 17.8. The molecule has 2 heterocycles. The molecule has 268 valence electrons. The molecule has 0 radical (unpaired) electrons. The van der Waals surface area contributed by atoms with E-state index >= 15 is 0 Å². The molecule has 1 aliphatic carbocycles. The highest BCUT2D eigenvalue weighted by Crippen LogP contribution is 2.32. The molecule has 5 rings (SSSR count). The molecular formula is C37H44F4N6O3. The van der Waals surface area contributed by atoms with Gasteiger partial charge in [0.2, 0.25) is 0 Å². The van der Waals surface area contributed by atoms with Crippen molar-refractivity contribution in [3.63, 3.8) is 0 Å². The lowest BCUT2D eigenvalue weighted by molar-refractivity contribution is -0.137. The quantitative estimate of drug-likeness (QED) is 0.106. The molecular weight excluding hydrogens is 652 g/mol. The van der Waals surface area contributed by atoms with Gasteiger partial charge >= 0.3 is 18.0 Å². The summed E-state index contributed by atoms with van der Waals surface area (Å²) in [6.45, 7) is 4.90. The van der Waals surface area contributed by atoms with E-state index in [1.807, 2.05) is 0 Å². The summed E-state index contributed by atoms with van der Waals surface area (Å²) in [5.74, 6) is -0.830. The molecule has 2 N–H and O–H groups in total. The number of nitrogens with zero attached hydrogens (tertiary/aromatic N) is 5. The van der Waals surface area contributed by atoms with Gasteiger partial charge in [0, 0.05) is 6.04 Å². The summed E-state index contributed by atoms with van der Waals surface area (Å²) >= 11 is 0. The van der Waals surface area contributed by atoms with Crippen molar-refractivity contribution in [2.75, 3.05) is 6.54 Å². The average molecular weight is 697 g/mol. The summed E-state index contributed by atoms with van der Waals surface area (Å²) < 4.78 is 56.5. The third kappa shape index (κ3) is 9.50. The van der Waals surface area contributed by atoms with Crippen molar-refractivity contribution in [3.8, 4) is 28.8 Å². The van der Waals surface area contributed by atoms with E-state index in [9.17, 15) is 32.3 Å². The first kappa shape index (κ1) is 38.1. The first-order valence-electron chi connectivity index (χ1n) is 17.2. The number of carboxylic acid groups (broad SMARTS) is 1. The van der Waals surface area contributed by atoms with Gasteiger partial charge < -0.3 is 10.4 Å². The van der Waals surface area contributed by atoms with Crippen molar-refractivity contribution in [1.82, 2.24) is 24.2 Å². The van der Waals surface area contributed by atoms with Gasteiger partial charge in [-0.05, 0) is 75.2 Å². The lowest BCUT2D eigenvalue weighted by atomic mass is 10.1. The molecule has 13 heteroatoms. The Labute approximate surface area is 289 Å². The van der Waals surface area contributed by atoms with Gasteiger partial charge in [0.05, 0.1) is 40.5 Å². The lowest BCUT2D eigenvalue weighted by Gasteiger charge is -2.11. The van der Waals surface area contributed by atoms with Crippen LogP contribution in [0.3, 0.4) is 0 Å². The van der Waals surface area contributed by atoms with Gasteiger partial charge in [-0.3, -0.25) is 4.57 Å². The molecule has 0 spiro atoms. The minimum atomic E-state index is -4.68. The summed E-state index contributed by atoms with van der Waals surface area (Å²) in [4.78, 5) is 25.0. The molecule has 4 aromatic rings. The Hall–Kier alpha value is -4.70. The van der Waals surface area contributed by atoms with Gasteiger partial charge in [-0.2, -0.15) is 28.1 Å². The van der Waals surface area contributed by atoms with E-state index in [1.165, 1.54) is 121 Å². The molecule has 9 nitrogen and oxygen atoms in total. The molecule has 0 atom stereocenters. The van der Waals surface area contributed by atoms with Gasteiger partial charge in [-0.1, -0.05) is 70.8 Å². The van der Waals surface area contributed by atoms with Crippen LogP contribution in [-0.2, 0) is 6.18 Å². The summed E-state index contributed by atoms with van der Waals surface area (Å²) in [5.41, 5.74) is -2.67. The van der Waals surface area contributed by atoms with Crippen LogP contribution in [0.4, 0.5) is 22.4 Å².